The molecule has 0 heterocycles. The van der Waals surface area contributed by atoms with Crippen molar-refractivity contribution in [1.82, 2.24) is 5.32 Å². The Morgan fingerprint density at radius 1 is 1.10 bits per heavy atom. The molecule has 2 aromatic rings. The third kappa shape index (κ3) is 2.86. The highest BCUT2D eigenvalue weighted by Crippen LogP contribution is 2.37. The van der Waals surface area contributed by atoms with Crippen LogP contribution in [0.1, 0.15) is 53.5 Å². The predicted octanol–water partition coefficient (Wildman–Crippen LogP) is 4.71. The van der Waals surface area contributed by atoms with Gasteiger partial charge in [-0.25, -0.2) is 4.39 Å². The summed E-state index contributed by atoms with van der Waals surface area (Å²) in [7, 11) is 1.88. The van der Waals surface area contributed by atoms with Gasteiger partial charge < -0.3 is 5.32 Å². The average molecular weight is 283 g/mol. The Morgan fingerprint density at radius 2 is 1.81 bits per heavy atom. The SMILES string of the molecule is CNC(c1ccc(C2CCC2)cc1)c1cc(C)ccc1F. The molecule has 1 aliphatic carbocycles. The lowest BCUT2D eigenvalue weighted by Gasteiger charge is -2.26. The zero-order valence-corrected chi connectivity index (χ0v) is 12.7. The molecule has 0 spiro atoms. The average Bonchev–Trinajstić information content (AvgIpc) is 2.43. The van der Waals surface area contributed by atoms with Crippen molar-refractivity contribution >= 4 is 0 Å². The van der Waals surface area contributed by atoms with Crippen molar-refractivity contribution in [1.29, 1.82) is 0 Å². The van der Waals surface area contributed by atoms with E-state index >= 15 is 0 Å². The quantitative estimate of drug-likeness (QED) is 0.857. The monoisotopic (exact) mass is 283 g/mol. The Kier molecular flexibility index (Phi) is 4.07. The molecule has 0 aromatic heterocycles. The minimum absolute atomic E-state index is 0.0969. The third-order valence-electron chi connectivity index (χ3n) is 4.60. The first-order chi connectivity index (χ1) is 10.2. The molecule has 1 nitrogen and oxygen atoms in total. The van der Waals surface area contributed by atoms with Gasteiger partial charge in [0.15, 0.2) is 0 Å². The van der Waals surface area contributed by atoms with Gasteiger partial charge >= 0.3 is 0 Å². The lowest BCUT2D eigenvalue weighted by molar-refractivity contribution is 0.419. The fraction of sp³-hybridized carbons (Fsp3) is 0.368. The fourth-order valence-corrected chi connectivity index (χ4v) is 3.09. The summed E-state index contributed by atoms with van der Waals surface area (Å²) in [5, 5.41) is 3.24. The predicted molar refractivity (Wildman–Crippen MR) is 85.1 cm³/mol. The summed E-state index contributed by atoms with van der Waals surface area (Å²) in [5.41, 5.74) is 4.33. The minimum Gasteiger partial charge on any atom is -0.309 e. The van der Waals surface area contributed by atoms with E-state index in [0.717, 1.165) is 17.0 Å². The summed E-state index contributed by atoms with van der Waals surface area (Å²) in [6.45, 7) is 2.00. The van der Waals surface area contributed by atoms with Gasteiger partial charge in [0, 0.05) is 5.56 Å². The number of hydrogen-bond acceptors (Lipinski definition) is 1. The zero-order valence-electron chi connectivity index (χ0n) is 12.7. The summed E-state index contributed by atoms with van der Waals surface area (Å²) in [6, 6.07) is 13.9. The Labute approximate surface area is 126 Å². The van der Waals surface area contributed by atoms with Gasteiger partial charge in [0.1, 0.15) is 5.82 Å². The van der Waals surface area contributed by atoms with Crippen molar-refractivity contribution in [2.24, 2.45) is 0 Å². The smallest absolute Gasteiger partial charge is 0.128 e. The second-order valence-electron chi connectivity index (χ2n) is 6.04. The van der Waals surface area contributed by atoms with Crippen LogP contribution in [-0.4, -0.2) is 7.05 Å². The van der Waals surface area contributed by atoms with Crippen molar-refractivity contribution in [3.05, 3.63) is 70.5 Å². The van der Waals surface area contributed by atoms with Crippen LogP contribution in [0.4, 0.5) is 4.39 Å². The van der Waals surface area contributed by atoms with Gasteiger partial charge in [0.25, 0.3) is 0 Å². The summed E-state index contributed by atoms with van der Waals surface area (Å²) in [5.74, 6) is 0.589. The van der Waals surface area contributed by atoms with Gasteiger partial charge in [-0.05, 0) is 49.9 Å². The van der Waals surface area contributed by atoms with E-state index in [-0.39, 0.29) is 11.9 Å². The van der Waals surface area contributed by atoms with E-state index in [1.165, 1.54) is 24.8 Å². The van der Waals surface area contributed by atoms with Gasteiger partial charge in [0.2, 0.25) is 0 Å². The first-order valence-corrected chi connectivity index (χ1v) is 7.72. The van der Waals surface area contributed by atoms with Gasteiger partial charge in [0.05, 0.1) is 6.04 Å². The molecule has 0 radical (unpaired) electrons. The molecule has 2 heteroatoms. The molecule has 1 saturated carbocycles. The van der Waals surface area contributed by atoms with Crippen LogP contribution < -0.4 is 5.32 Å². The molecule has 1 aliphatic rings. The molecule has 1 atom stereocenters. The highest BCUT2D eigenvalue weighted by atomic mass is 19.1. The molecule has 1 fully saturated rings. The van der Waals surface area contributed by atoms with Crippen LogP contribution in [-0.2, 0) is 0 Å². The van der Waals surface area contributed by atoms with Crippen LogP contribution in [0.2, 0.25) is 0 Å². The number of rotatable bonds is 4. The molecule has 3 rings (SSSR count). The van der Waals surface area contributed by atoms with Crippen molar-refractivity contribution in [3.8, 4) is 0 Å². The van der Waals surface area contributed by atoms with Gasteiger partial charge in [-0.2, -0.15) is 0 Å². The number of aryl methyl sites for hydroxylation is 1. The maximum Gasteiger partial charge on any atom is 0.128 e. The Hall–Kier alpha value is -1.67. The standard InChI is InChI=1S/C19H22FN/c1-13-6-11-18(20)17(12-13)19(21-2)16-9-7-15(8-10-16)14-4-3-5-14/h6-12,14,19,21H,3-5H2,1-2H3. The lowest BCUT2D eigenvalue weighted by atomic mass is 9.79. The highest BCUT2D eigenvalue weighted by molar-refractivity contribution is 5.37. The molecule has 0 aliphatic heterocycles. The molecule has 1 N–H and O–H groups in total. The molecule has 0 bridgehead atoms. The van der Waals surface area contributed by atoms with Gasteiger partial charge in [-0.1, -0.05) is 48.4 Å². The van der Waals surface area contributed by atoms with Crippen LogP contribution in [0.25, 0.3) is 0 Å². The first-order valence-electron chi connectivity index (χ1n) is 7.72. The zero-order chi connectivity index (χ0) is 14.8. The second-order valence-corrected chi connectivity index (χ2v) is 6.04. The first kappa shape index (κ1) is 14.3. The minimum atomic E-state index is -0.150. The third-order valence-corrected chi connectivity index (χ3v) is 4.60. The maximum absolute atomic E-state index is 14.1. The van der Waals surface area contributed by atoms with Crippen LogP contribution in [0.15, 0.2) is 42.5 Å². The molecule has 110 valence electrons. The number of nitrogens with one attached hydrogen (secondary N) is 1. The van der Waals surface area contributed by atoms with E-state index in [1.807, 2.05) is 26.1 Å². The molecule has 21 heavy (non-hydrogen) atoms. The van der Waals surface area contributed by atoms with E-state index in [4.69, 9.17) is 0 Å². The Bertz CT molecular complexity index is 614. The fourth-order valence-electron chi connectivity index (χ4n) is 3.09. The molecular weight excluding hydrogens is 261 g/mol. The summed E-state index contributed by atoms with van der Waals surface area (Å²) < 4.78 is 14.1. The number of benzene rings is 2. The van der Waals surface area contributed by atoms with Crippen molar-refractivity contribution in [3.63, 3.8) is 0 Å². The second kappa shape index (κ2) is 5.98. The summed E-state index contributed by atoms with van der Waals surface area (Å²) >= 11 is 0. The molecular formula is C19H22FN. The normalized spacial score (nSPS) is 16.5. The largest absolute Gasteiger partial charge is 0.309 e. The Balaban J connectivity index is 1.90. The Morgan fingerprint density at radius 3 is 2.38 bits per heavy atom. The summed E-state index contributed by atoms with van der Waals surface area (Å²) in [4.78, 5) is 0. The van der Waals surface area contributed by atoms with Crippen LogP contribution in [0.5, 0.6) is 0 Å². The highest BCUT2D eigenvalue weighted by Gasteiger charge is 2.20. The number of halogens is 1. The molecule has 0 amide bonds. The molecule has 0 saturated heterocycles. The van der Waals surface area contributed by atoms with E-state index in [9.17, 15) is 4.39 Å². The van der Waals surface area contributed by atoms with Gasteiger partial charge in [-0.15, -0.1) is 0 Å². The molecule has 1 unspecified atom stereocenters. The number of hydrogen-bond donors (Lipinski definition) is 1. The topological polar surface area (TPSA) is 12.0 Å². The lowest BCUT2D eigenvalue weighted by Crippen LogP contribution is -2.19. The van der Waals surface area contributed by atoms with Crippen molar-refractivity contribution < 1.29 is 4.39 Å². The maximum atomic E-state index is 14.1. The van der Waals surface area contributed by atoms with Crippen molar-refractivity contribution in [2.75, 3.05) is 7.05 Å². The van der Waals surface area contributed by atoms with Crippen LogP contribution >= 0.6 is 0 Å². The van der Waals surface area contributed by atoms with E-state index in [0.29, 0.717) is 5.56 Å². The summed E-state index contributed by atoms with van der Waals surface area (Å²) in [6.07, 6.45) is 3.96. The van der Waals surface area contributed by atoms with E-state index in [1.54, 1.807) is 6.07 Å². The van der Waals surface area contributed by atoms with Crippen LogP contribution in [0, 0.1) is 12.7 Å². The van der Waals surface area contributed by atoms with Crippen LogP contribution in [0.3, 0.4) is 0 Å². The van der Waals surface area contributed by atoms with E-state index < -0.39 is 0 Å². The van der Waals surface area contributed by atoms with E-state index in [2.05, 4.69) is 29.6 Å². The van der Waals surface area contributed by atoms with Crippen molar-refractivity contribution in [2.45, 2.75) is 38.1 Å². The molecule has 2 aromatic carbocycles. The van der Waals surface area contributed by atoms with Gasteiger partial charge in [-0.3, -0.25) is 0 Å².